The maximum atomic E-state index is 11.6. The van der Waals surface area contributed by atoms with Crippen molar-refractivity contribution in [3.63, 3.8) is 0 Å². The highest BCUT2D eigenvalue weighted by molar-refractivity contribution is 7.10. The molecule has 0 saturated heterocycles. The van der Waals surface area contributed by atoms with Crippen molar-refractivity contribution in [2.75, 3.05) is 11.1 Å². The molecule has 1 aromatic heterocycles. The molecule has 86 valence electrons. The minimum absolute atomic E-state index is 0.184. The summed E-state index contributed by atoms with van der Waals surface area (Å²) in [7, 11) is 0. The lowest BCUT2D eigenvalue weighted by molar-refractivity contribution is -0.111. The SMILES string of the molecule is Nc1ccccc1NC(=O)/C=C/c1cccs1. The number of carbonyl (C=O) groups excluding carboxylic acids is 1. The van der Waals surface area contributed by atoms with Crippen LogP contribution in [0.2, 0.25) is 0 Å². The second kappa shape index (κ2) is 5.32. The van der Waals surface area contributed by atoms with Gasteiger partial charge >= 0.3 is 0 Å². The number of para-hydroxylation sites is 2. The molecule has 0 unspecified atom stereocenters. The fourth-order valence-electron chi connectivity index (χ4n) is 1.33. The first-order valence-corrected chi connectivity index (χ1v) is 6.01. The Morgan fingerprint density at radius 3 is 2.76 bits per heavy atom. The van der Waals surface area contributed by atoms with E-state index in [-0.39, 0.29) is 5.91 Å². The van der Waals surface area contributed by atoms with E-state index in [2.05, 4.69) is 5.32 Å². The van der Waals surface area contributed by atoms with Gasteiger partial charge in [0.25, 0.3) is 0 Å². The molecule has 4 heteroatoms. The molecule has 2 aromatic rings. The van der Waals surface area contributed by atoms with Crippen LogP contribution in [-0.4, -0.2) is 5.91 Å². The van der Waals surface area contributed by atoms with E-state index < -0.39 is 0 Å². The van der Waals surface area contributed by atoms with Crippen molar-refractivity contribution < 1.29 is 4.79 Å². The standard InChI is InChI=1S/C13H12N2OS/c14-11-5-1-2-6-12(11)15-13(16)8-7-10-4-3-9-17-10/h1-9H,14H2,(H,15,16)/b8-7+. The monoisotopic (exact) mass is 244 g/mol. The Hall–Kier alpha value is -2.07. The summed E-state index contributed by atoms with van der Waals surface area (Å²) < 4.78 is 0. The van der Waals surface area contributed by atoms with Crippen molar-refractivity contribution in [3.8, 4) is 0 Å². The predicted octanol–water partition coefficient (Wildman–Crippen LogP) is 2.98. The Morgan fingerprint density at radius 1 is 1.24 bits per heavy atom. The van der Waals surface area contributed by atoms with Gasteiger partial charge in [0.2, 0.25) is 5.91 Å². The van der Waals surface area contributed by atoms with Crippen molar-refractivity contribution >= 4 is 34.7 Å². The lowest BCUT2D eigenvalue weighted by Crippen LogP contribution is -2.09. The molecule has 0 saturated carbocycles. The van der Waals surface area contributed by atoms with Gasteiger partial charge in [0.05, 0.1) is 11.4 Å². The molecule has 0 aliphatic carbocycles. The third-order valence-corrected chi connectivity index (χ3v) is 3.00. The van der Waals surface area contributed by atoms with Crippen LogP contribution in [-0.2, 0) is 4.79 Å². The predicted molar refractivity (Wildman–Crippen MR) is 72.8 cm³/mol. The van der Waals surface area contributed by atoms with Gasteiger partial charge in [-0.15, -0.1) is 11.3 Å². The molecular weight excluding hydrogens is 232 g/mol. The molecule has 17 heavy (non-hydrogen) atoms. The van der Waals surface area contributed by atoms with E-state index in [1.54, 1.807) is 29.5 Å². The molecule has 0 fully saturated rings. The van der Waals surface area contributed by atoms with E-state index in [1.165, 1.54) is 6.08 Å². The van der Waals surface area contributed by atoms with Crippen LogP contribution in [0, 0.1) is 0 Å². The minimum Gasteiger partial charge on any atom is -0.397 e. The Bertz CT molecular complexity index is 532. The number of rotatable bonds is 3. The van der Waals surface area contributed by atoms with Crippen LogP contribution in [0.3, 0.4) is 0 Å². The summed E-state index contributed by atoms with van der Waals surface area (Å²) in [5.74, 6) is -0.184. The highest BCUT2D eigenvalue weighted by atomic mass is 32.1. The normalized spacial score (nSPS) is 10.6. The van der Waals surface area contributed by atoms with Crippen molar-refractivity contribution in [2.24, 2.45) is 0 Å². The van der Waals surface area contributed by atoms with E-state index in [4.69, 9.17) is 5.73 Å². The number of anilines is 2. The molecule has 1 heterocycles. The Balaban J connectivity index is 2.01. The zero-order valence-electron chi connectivity index (χ0n) is 9.09. The third-order valence-electron chi connectivity index (χ3n) is 2.16. The number of hydrogen-bond acceptors (Lipinski definition) is 3. The molecule has 1 amide bonds. The molecule has 0 atom stereocenters. The van der Waals surface area contributed by atoms with E-state index in [0.29, 0.717) is 11.4 Å². The number of carbonyl (C=O) groups is 1. The van der Waals surface area contributed by atoms with Gasteiger partial charge in [-0.25, -0.2) is 0 Å². The average molecular weight is 244 g/mol. The van der Waals surface area contributed by atoms with Gasteiger partial charge in [0.1, 0.15) is 0 Å². The van der Waals surface area contributed by atoms with Gasteiger partial charge in [0, 0.05) is 11.0 Å². The first kappa shape index (κ1) is 11.4. The van der Waals surface area contributed by atoms with Crippen molar-refractivity contribution in [2.45, 2.75) is 0 Å². The summed E-state index contributed by atoms with van der Waals surface area (Å²) in [5, 5.41) is 4.69. The van der Waals surface area contributed by atoms with Gasteiger partial charge in [-0.05, 0) is 29.7 Å². The summed E-state index contributed by atoms with van der Waals surface area (Å²) in [6.45, 7) is 0. The largest absolute Gasteiger partial charge is 0.397 e. The van der Waals surface area contributed by atoms with Gasteiger partial charge in [-0.1, -0.05) is 18.2 Å². The summed E-state index contributed by atoms with van der Waals surface area (Å²) in [4.78, 5) is 12.7. The highest BCUT2D eigenvalue weighted by Gasteiger charge is 2.00. The summed E-state index contributed by atoms with van der Waals surface area (Å²) in [6.07, 6.45) is 3.28. The molecule has 0 aliphatic heterocycles. The Kier molecular flexibility index (Phi) is 3.57. The molecule has 0 bridgehead atoms. The lowest BCUT2D eigenvalue weighted by atomic mass is 10.2. The van der Waals surface area contributed by atoms with Crippen LogP contribution in [0.5, 0.6) is 0 Å². The zero-order chi connectivity index (χ0) is 12.1. The molecule has 0 aliphatic rings. The number of nitrogens with two attached hydrogens (primary N) is 1. The Morgan fingerprint density at radius 2 is 2.06 bits per heavy atom. The van der Waals surface area contributed by atoms with Gasteiger partial charge in [-0.3, -0.25) is 4.79 Å². The van der Waals surface area contributed by atoms with Crippen molar-refractivity contribution in [3.05, 3.63) is 52.7 Å². The summed E-state index contributed by atoms with van der Waals surface area (Å²) >= 11 is 1.58. The number of hydrogen-bond donors (Lipinski definition) is 2. The van der Waals surface area contributed by atoms with Crippen LogP contribution < -0.4 is 11.1 Å². The highest BCUT2D eigenvalue weighted by Crippen LogP contribution is 2.17. The minimum atomic E-state index is -0.184. The smallest absolute Gasteiger partial charge is 0.248 e. The molecule has 2 rings (SSSR count). The van der Waals surface area contributed by atoms with Gasteiger partial charge in [-0.2, -0.15) is 0 Å². The lowest BCUT2D eigenvalue weighted by Gasteiger charge is -2.04. The quantitative estimate of drug-likeness (QED) is 0.644. The number of benzene rings is 1. The Labute approximate surface area is 104 Å². The molecule has 1 aromatic carbocycles. The third kappa shape index (κ3) is 3.19. The topological polar surface area (TPSA) is 55.1 Å². The van der Waals surface area contributed by atoms with Crippen LogP contribution in [0.25, 0.3) is 6.08 Å². The van der Waals surface area contributed by atoms with Crippen LogP contribution >= 0.6 is 11.3 Å². The fraction of sp³-hybridized carbons (Fsp3) is 0. The molecule has 3 N–H and O–H groups in total. The van der Waals surface area contributed by atoms with Crippen molar-refractivity contribution in [1.29, 1.82) is 0 Å². The van der Waals surface area contributed by atoms with E-state index in [0.717, 1.165) is 4.88 Å². The van der Waals surface area contributed by atoms with E-state index >= 15 is 0 Å². The second-order valence-electron chi connectivity index (χ2n) is 3.43. The number of thiophene rings is 1. The van der Waals surface area contributed by atoms with Crippen LogP contribution in [0.4, 0.5) is 11.4 Å². The summed E-state index contributed by atoms with van der Waals surface area (Å²) in [6, 6.07) is 11.1. The van der Waals surface area contributed by atoms with Gasteiger partial charge in [0.15, 0.2) is 0 Å². The number of amides is 1. The maximum absolute atomic E-state index is 11.6. The fourth-order valence-corrected chi connectivity index (χ4v) is 1.95. The van der Waals surface area contributed by atoms with Crippen LogP contribution in [0.15, 0.2) is 47.9 Å². The maximum Gasteiger partial charge on any atom is 0.248 e. The number of nitrogen functional groups attached to an aromatic ring is 1. The summed E-state index contributed by atoms with van der Waals surface area (Å²) in [5.41, 5.74) is 6.92. The number of nitrogens with one attached hydrogen (secondary N) is 1. The van der Waals surface area contributed by atoms with Crippen molar-refractivity contribution in [1.82, 2.24) is 0 Å². The van der Waals surface area contributed by atoms with E-state index in [1.807, 2.05) is 29.6 Å². The molecule has 0 radical (unpaired) electrons. The average Bonchev–Trinajstić information content (AvgIpc) is 2.82. The van der Waals surface area contributed by atoms with E-state index in [9.17, 15) is 4.79 Å². The molecule has 0 spiro atoms. The molecular formula is C13H12N2OS. The second-order valence-corrected chi connectivity index (χ2v) is 4.40. The first-order chi connectivity index (χ1) is 8.25. The molecule has 3 nitrogen and oxygen atoms in total. The first-order valence-electron chi connectivity index (χ1n) is 5.13. The van der Waals surface area contributed by atoms with Gasteiger partial charge < -0.3 is 11.1 Å². The zero-order valence-corrected chi connectivity index (χ0v) is 9.91. The van der Waals surface area contributed by atoms with Crippen LogP contribution in [0.1, 0.15) is 4.88 Å².